The molecule has 0 aliphatic heterocycles. The quantitative estimate of drug-likeness (QED) is 0.681. The molecule has 3 rings (SSSR count). The number of fused-ring (bicyclic) bond motifs is 1. The molecule has 0 saturated carbocycles. The van der Waals surface area contributed by atoms with E-state index in [1.54, 1.807) is 0 Å². The van der Waals surface area contributed by atoms with E-state index in [9.17, 15) is 0 Å². The third-order valence-corrected chi connectivity index (χ3v) is 4.03. The number of nitrogens with one attached hydrogen (secondary N) is 1. The highest BCUT2D eigenvalue weighted by Gasteiger charge is 2.06. The summed E-state index contributed by atoms with van der Waals surface area (Å²) in [5, 5.41) is 2.45. The average Bonchev–Trinajstić information content (AvgIpc) is 2.49. The lowest BCUT2D eigenvalue weighted by Gasteiger charge is -2.08. The second kappa shape index (κ2) is 5.17. The molecule has 0 amide bonds. The second-order valence-electron chi connectivity index (χ2n) is 4.91. The summed E-state index contributed by atoms with van der Waals surface area (Å²) < 4.78 is 0.684. The molecule has 100 valence electrons. The maximum Gasteiger partial charge on any atom is 0.139 e. The zero-order chi connectivity index (χ0) is 14.1. The molecule has 0 atom stereocenters. The topological polar surface area (TPSA) is 28.7 Å². The smallest absolute Gasteiger partial charge is 0.139 e. The van der Waals surface area contributed by atoms with E-state index in [-0.39, 0.29) is 0 Å². The van der Waals surface area contributed by atoms with Gasteiger partial charge < -0.3 is 4.98 Å². The maximum atomic E-state index is 5.36. The van der Waals surface area contributed by atoms with E-state index in [1.807, 2.05) is 13.0 Å². The van der Waals surface area contributed by atoms with Crippen LogP contribution in [0.15, 0.2) is 42.5 Å². The summed E-state index contributed by atoms with van der Waals surface area (Å²) in [6, 6.07) is 14.7. The van der Waals surface area contributed by atoms with Gasteiger partial charge in [0.2, 0.25) is 0 Å². The van der Waals surface area contributed by atoms with Crippen molar-refractivity contribution in [3.05, 3.63) is 58.4 Å². The molecule has 3 aromatic rings. The molecule has 20 heavy (non-hydrogen) atoms. The molecular formula is C17H16N2S. The van der Waals surface area contributed by atoms with Gasteiger partial charge in [0.05, 0.1) is 0 Å². The van der Waals surface area contributed by atoms with Gasteiger partial charge in [0.15, 0.2) is 0 Å². The van der Waals surface area contributed by atoms with Gasteiger partial charge in [-0.05, 0) is 30.2 Å². The van der Waals surface area contributed by atoms with Crippen LogP contribution >= 0.6 is 12.2 Å². The van der Waals surface area contributed by atoms with Gasteiger partial charge in [-0.2, -0.15) is 0 Å². The number of benzene rings is 2. The van der Waals surface area contributed by atoms with Gasteiger partial charge in [0.25, 0.3) is 0 Å². The largest absolute Gasteiger partial charge is 0.343 e. The fraction of sp³-hybridized carbons (Fsp3) is 0.176. The Morgan fingerprint density at radius 2 is 1.85 bits per heavy atom. The summed E-state index contributed by atoms with van der Waals surface area (Å²) in [7, 11) is 0. The van der Waals surface area contributed by atoms with Crippen LogP contribution in [0, 0.1) is 11.6 Å². The highest BCUT2D eigenvalue weighted by Crippen LogP contribution is 2.23. The number of hydrogen-bond donors (Lipinski definition) is 1. The molecule has 0 saturated heterocycles. The lowest BCUT2D eigenvalue weighted by atomic mass is 10.1. The van der Waals surface area contributed by atoms with Crippen LogP contribution in [0.25, 0.3) is 22.2 Å². The summed E-state index contributed by atoms with van der Waals surface area (Å²) in [5.41, 5.74) is 3.31. The Morgan fingerprint density at radius 1 is 1.10 bits per heavy atom. The van der Waals surface area contributed by atoms with E-state index in [0.717, 1.165) is 29.1 Å². The van der Waals surface area contributed by atoms with E-state index in [1.165, 1.54) is 10.8 Å². The number of aromatic nitrogens is 2. The van der Waals surface area contributed by atoms with E-state index in [0.29, 0.717) is 4.64 Å². The summed E-state index contributed by atoms with van der Waals surface area (Å²) >= 11 is 5.36. The Balaban J connectivity index is 2.20. The van der Waals surface area contributed by atoms with Crippen molar-refractivity contribution in [3.8, 4) is 11.4 Å². The Morgan fingerprint density at radius 3 is 2.60 bits per heavy atom. The highest BCUT2D eigenvalue weighted by atomic mass is 32.1. The van der Waals surface area contributed by atoms with Gasteiger partial charge in [-0.25, -0.2) is 4.98 Å². The number of aromatic amines is 1. The van der Waals surface area contributed by atoms with Crippen molar-refractivity contribution in [2.45, 2.75) is 20.3 Å². The first-order valence-electron chi connectivity index (χ1n) is 6.78. The number of nitrogens with zero attached hydrogens (tertiary/aromatic N) is 1. The Hall–Kier alpha value is -2.00. The molecule has 0 unspecified atom stereocenters. The molecule has 0 bridgehead atoms. The normalized spacial score (nSPS) is 10.9. The number of H-pyrrole nitrogens is 1. The van der Waals surface area contributed by atoms with Crippen molar-refractivity contribution < 1.29 is 0 Å². The zero-order valence-electron chi connectivity index (χ0n) is 11.6. The van der Waals surface area contributed by atoms with Crippen molar-refractivity contribution in [1.82, 2.24) is 9.97 Å². The van der Waals surface area contributed by atoms with Crippen LogP contribution in [0.3, 0.4) is 0 Å². The molecule has 1 N–H and O–H groups in total. The van der Waals surface area contributed by atoms with Crippen molar-refractivity contribution in [2.24, 2.45) is 0 Å². The van der Waals surface area contributed by atoms with Crippen molar-refractivity contribution >= 4 is 23.0 Å². The van der Waals surface area contributed by atoms with Gasteiger partial charge in [0.1, 0.15) is 10.5 Å². The van der Waals surface area contributed by atoms with Crippen molar-refractivity contribution in [2.75, 3.05) is 0 Å². The van der Waals surface area contributed by atoms with Crippen LogP contribution in [0.2, 0.25) is 0 Å². The minimum absolute atomic E-state index is 0.684. The third-order valence-electron chi connectivity index (χ3n) is 3.63. The minimum atomic E-state index is 0.684. The standard InChI is InChI=1S/C17H16N2S/c1-3-15-11(2)17(20)19-16(18-15)14-9-8-12-6-4-5-7-13(12)10-14/h4-10H,3H2,1-2H3,(H,18,19,20). The predicted octanol–water partition coefficient (Wildman–Crippen LogP) is 4.83. The highest BCUT2D eigenvalue weighted by molar-refractivity contribution is 7.71. The molecular weight excluding hydrogens is 264 g/mol. The molecule has 0 spiro atoms. The van der Waals surface area contributed by atoms with Crippen LogP contribution < -0.4 is 0 Å². The number of hydrogen-bond acceptors (Lipinski definition) is 2. The van der Waals surface area contributed by atoms with E-state index < -0.39 is 0 Å². The van der Waals surface area contributed by atoms with Crippen LogP contribution in [0.4, 0.5) is 0 Å². The molecule has 3 heteroatoms. The fourth-order valence-corrected chi connectivity index (χ4v) is 2.62. The van der Waals surface area contributed by atoms with Crippen LogP contribution in [-0.4, -0.2) is 9.97 Å². The minimum Gasteiger partial charge on any atom is -0.343 e. The van der Waals surface area contributed by atoms with Crippen molar-refractivity contribution in [1.29, 1.82) is 0 Å². The first-order chi connectivity index (χ1) is 9.69. The molecule has 0 aliphatic carbocycles. The van der Waals surface area contributed by atoms with Crippen LogP contribution in [0.1, 0.15) is 18.2 Å². The second-order valence-corrected chi connectivity index (χ2v) is 5.30. The number of rotatable bonds is 2. The van der Waals surface area contributed by atoms with Gasteiger partial charge in [-0.1, -0.05) is 55.5 Å². The van der Waals surface area contributed by atoms with Crippen LogP contribution in [-0.2, 0) is 6.42 Å². The Bertz CT molecular complexity index is 834. The number of aryl methyl sites for hydroxylation is 1. The molecule has 1 heterocycles. The maximum absolute atomic E-state index is 5.36. The fourth-order valence-electron chi connectivity index (χ4n) is 2.41. The summed E-state index contributed by atoms with van der Waals surface area (Å²) in [5.74, 6) is 0.850. The summed E-state index contributed by atoms with van der Waals surface area (Å²) in [4.78, 5) is 7.92. The lowest BCUT2D eigenvalue weighted by Crippen LogP contribution is -1.99. The van der Waals surface area contributed by atoms with Gasteiger partial charge in [0, 0.05) is 16.8 Å². The average molecular weight is 280 g/mol. The molecule has 2 aromatic carbocycles. The van der Waals surface area contributed by atoms with Crippen LogP contribution in [0.5, 0.6) is 0 Å². The van der Waals surface area contributed by atoms with Gasteiger partial charge >= 0.3 is 0 Å². The van der Waals surface area contributed by atoms with Gasteiger partial charge in [-0.15, -0.1) is 0 Å². The van der Waals surface area contributed by atoms with Crippen molar-refractivity contribution in [3.63, 3.8) is 0 Å². The third kappa shape index (κ3) is 2.25. The zero-order valence-corrected chi connectivity index (χ0v) is 12.4. The monoisotopic (exact) mass is 280 g/mol. The van der Waals surface area contributed by atoms with E-state index >= 15 is 0 Å². The Labute approximate surface area is 123 Å². The first-order valence-corrected chi connectivity index (χ1v) is 7.19. The lowest BCUT2D eigenvalue weighted by molar-refractivity contribution is 0.969. The SMILES string of the molecule is CCc1[nH]c(-c2ccc3ccccc3c2)nc(=S)c1C. The van der Waals surface area contributed by atoms with E-state index in [4.69, 9.17) is 12.2 Å². The molecule has 2 nitrogen and oxygen atoms in total. The molecule has 1 aromatic heterocycles. The summed E-state index contributed by atoms with van der Waals surface area (Å²) in [6.45, 7) is 4.15. The van der Waals surface area contributed by atoms with E-state index in [2.05, 4.69) is 53.3 Å². The Kier molecular flexibility index (Phi) is 3.36. The first kappa shape index (κ1) is 13.0. The molecule has 0 fully saturated rings. The predicted molar refractivity (Wildman–Crippen MR) is 86.5 cm³/mol. The van der Waals surface area contributed by atoms with Gasteiger partial charge in [-0.3, -0.25) is 0 Å². The molecule has 0 radical (unpaired) electrons. The summed E-state index contributed by atoms with van der Waals surface area (Å²) in [6.07, 6.45) is 0.929. The molecule has 0 aliphatic rings.